The average Bonchev–Trinajstić information content (AvgIpc) is 2.56. The van der Waals surface area contributed by atoms with Crippen molar-refractivity contribution < 1.29 is 35.9 Å². The van der Waals surface area contributed by atoms with Gasteiger partial charge in [-0.3, -0.25) is 4.79 Å². The number of nitrogens with zero attached hydrogens (tertiary/aromatic N) is 2. The molecular weight excluding hydrogens is 414 g/mol. The van der Waals surface area contributed by atoms with Gasteiger partial charge in [-0.15, -0.1) is 0 Å². The monoisotopic (exact) mass is 424 g/mol. The van der Waals surface area contributed by atoms with Crippen molar-refractivity contribution in [1.29, 1.82) is 0 Å². The molecule has 28 heavy (non-hydrogen) atoms. The highest BCUT2D eigenvalue weighted by Gasteiger charge is 2.39. The van der Waals surface area contributed by atoms with Gasteiger partial charge >= 0.3 is 12.4 Å². The first-order valence-corrected chi connectivity index (χ1v) is 8.19. The van der Waals surface area contributed by atoms with Gasteiger partial charge < -0.3 is 9.64 Å². The second-order valence-electron chi connectivity index (χ2n) is 6.03. The molecule has 3 rings (SSSR count). The van der Waals surface area contributed by atoms with E-state index in [2.05, 4.69) is 4.98 Å². The molecule has 0 unspecified atom stereocenters. The fourth-order valence-corrected chi connectivity index (χ4v) is 2.72. The van der Waals surface area contributed by atoms with Crippen LogP contribution in [0.3, 0.4) is 0 Å². The molecule has 0 atom stereocenters. The van der Waals surface area contributed by atoms with Crippen molar-refractivity contribution in [2.75, 3.05) is 13.1 Å². The van der Waals surface area contributed by atoms with Crippen LogP contribution in [0.4, 0.5) is 26.3 Å². The zero-order chi connectivity index (χ0) is 20.7. The molecule has 11 heteroatoms. The molecule has 0 saturated carbocycles. The Balaban J connectivity index is 1.75. The summed E-state index contributed by atoms with van der Waals surface area (Å²) in [7, 11) is 0. The minimum Gasteiger partial charge on any atom is -0.470 e. The molecule has 0 aliphatic carbocycles. The van der Waals surface area contributed by atoms with Crippen molar-refractivity contribution in [3.05, 3.63) is 58.2 Å². The van der Waals surface area contributed by atoms with Crippen molar-refractivity contribution in [1.82, 2.24) is 9.88 Å². The fraction of sp³-hybridized carbons (Fsp3) is 0.294. The number of hydrogen-bond acceptors (Lipinski definition) is 3. The van der Waals surface area contributed by atoms with Gasteiger partial charge in [0.15, 0.2) is 0 Å². The second kappa shape index (κ2) is 7.16. The lowest BCUT2D eigenvalue weighted by molar-refractivity contribution is -0.143. The van der Waals surface area contributed by atoms with E-state index in [4.69, 9.17) is 16.3 Å². The van der Waals surface area contributed by atoms with Crippen LogP contribution in [-0.4, -0.2) is 35.0 Å². The quantitative estimate of drug-likeness (QED) is 0.672. The van der Waals surface area contributed by atoms with Crippen LogP contribution in [0.2, 0.25) is 5.02 Å². The summed E-state index contributed by atoms with van der Waals surface area (Å²) in [5.74, 6) is -0.830. The predicted molar refractivity (Wildman–Crippen MR) is 86.0 cm³/mol. The average molecular weight is 425 g/mol. The molecule has 2 heterocycles. The Morgan fingerprint density at radius 3 is 2.14 bits per heavy atom. The maximum Gasteiger partial charge on any atom is 0.416 e. The molecule has 1 aromatic carbocycles. The third kappa shape index (κ3) is 4.32. The summed E-state index contributed by atoms with van der Waals surface area (Å²) >= 11 is 5.88. The highest BCUT2D eigenvalue weighted by Crippen LogP contribution is 2.37. The van der Waals surface area contributed by atoms with Crippen molar-refractivity contribution in [3.8, 4) is 5.88 Å². The molecule has 0 N–H and O–H groups in total. The summed E-state index contributed by atoms with van der Waals surface area (Å²) in [5.41, 5.74) is -3.78. The maximum absolute atomic E-state index is 12.9. The largest absolute Gasteiger partial charge is 0.470 e. The number of amides is 1. The van der Waals surface area contributed by atoms with E-state index in [0.717, 1.165) is 4.90 Å². The Labute approximate surface area is 159 Å². The van der Waals surface area contributed by atoms with E-state index in [1.165, 1.54) is 12.3 Å². The van der Waals surface area contributed by atoms with Crippen LogP contribution in [0.25, 0.3) is 0 Å². The normalized spacial score (nSPS) is 15.3. The zero-order valence-electron chi connectivity index (χ0n) is 13.8. The molecule has 1 amide bonds. The Hall–Kier alpha value is -2.49. The Morgan fingerprint density at radius 1 is 1.07 bits per heavy atom. The van der Waals surface area contributed by atoms with E-state index in [1.54, 1.807) is 6.07 Å². The Kier molecular flexibility index (Phi) is 5.18. The van der Waals surface area contributed by atoms with E-state index in [9.17, 15) is 31.1 Å². The number of halogens is 7. The number of carbonyl (C=O) groups is 1. The summed E-state index contributed by atoms with van der Waals surface area (Å²) < 4.78 is 82.9. The number of aromatic nitrogens is 1. The Morgan fingerprint density at radius 2 is 1.64 bits per heavy atom. The molecule has 2 aromatic rings. The van der Waals surface area contributed by atoms with Gasteiger partial charge in [0.25, 0.3) is 5.91 Å². The van der Waals surface area contributed by atoms with Crippen molar-refractivity contribution in [3.63, 3.8) is 0 Å². The number of rotatable bonds is 3. The van der Waals surface area contributed by atoms with Gasteiger partial charge in [0.2, 0.25) is 5.88 Å². The van der Waals surface area contributed by atoms with Gasteiger partial charge in [-0.1, -0.05) is 11.6 Å². The Bertz CT molecular complexity index is 862. The lowest BCUT2D eigenvalue weighted by atomic mass is 10.0. The topological polar surface area (TPSA) is 42.4 Å². The first-order chi connectivity index (χ1) is 12.9. The summed E-state index contributed by atoms with van der Waals surface area (Å²) in [6, 6.07) is 3.90. The third-order valence-electron chi connectivity index (χ3n) is 3.97. The predicted octanol–water partition coefficient (Wildman–Crippen LogP) is 4.68. The summed E-state index contributed by atoms with van der Waals surface area (Å²) in [4.78, 5) is 17.3. The summed E-state index contributed by atoms with van der Waals surface area (Å²) in [6.45, 7) is -0.0489. The van der Waals surface area contributed by atoms with Crippen LogP contribution in [0, 0.1) is 0 Å². The molecule has 0 spiro atoms. The molecular formula is C17H11ClF6N2O2. The van der Waals surface area contributed by atoms with Crippen LogP contribution in [-0.2, 0) is 12.4 Å². The number of likely N-dealkylation sites (tertiary alicyclic amines) is 1. The lowest BCUT2D eigenvalue weighted by Crippen LogP contribution is -2.56. The number of ether oxygens (including phenoxy) is 1. The van der Waals surface area contributed by atoms with E-state index >= 15 is 0 Å². The molecule has 150 valence electrons. The van der Waals surface area contributed by atoms with Crippen LogP contribution >= 0.6 is 11.6 Å². The van der Waals surface area contributed by atoms with Crippen molar-refractivity contribution >= 4 is 17.5 Å². The summed E-state index contributed by atoms with van der Waals surface area (Å²) in [5, 5.41) is 0.236. The SMILES string of the molecule is O=C(c1cc(C(F)(F)F)cc(C(F)(F)F)c1)N1CC(Oc2ncccc2Cl)C1. The van der Waals surface area contributed by atoms with Gasteiger partial charge in [-0.25, -0.2) is 4.98 Å². The first kappa shape index (κ1) is 20.2. The second-order valence-corrected chi connectivity index (χ2v) is 6.44. The van der Waals surface area contributed by atoms with E-state index in [1.807, 2.05) is 0 Å². The number of hydrogen-bond donors (Lipinski definition) is 0. The third-order valence-corrected chi connectivity index (χ3v) is 4.26. The number of benzene rings is 1. The van der Waals surface area contributed by atoms with E-state index in [0.29, 0.717) is 12.1 Å². The first-order valence-electron chi connectivity index (χ1n) is 7.81. The number of alkyl halides is 6. The molecule has 1 aliphatic rings. The summed E-state index contributed by atoms with van der Waals surface area (Å²) in [6.07, 6.45) is -9.13. The van der Waals surface area contributed by atoms with Crippen LogP contribution < -0.4 is 4.74 Å². The molecule has 1 aromatic heterocycles. The number of pyridine rings is 1. The smallest absolute Gasteiger partial charge is 0.416 e. The minimum absolute atomic E-state index is 0.0245. The highest BCUT2D eigenvalue weighted by atomic mass is 35.5. The van der Waals surface area contributed by atoms with E-state index < -0.39 is 41.1 Å². The van der Waals surface area contributed by atoms with Gasteiger partial charge in [0.1, 0.15) is 11.1 Å². The van der Waals surface area contributed by atoms with Crippen LogP contribution in [0.15, 0.2) is 36.5 Å². The highest BCUT2D eigenvalue weighted by molar-refractivity contribution is 6.31. The number of carbonyl (C=O) groups excluding carboxylic acids is 1. The fourth-order valence-electron chi connectivity index (χ4n) is 2.56. The van der Waals surface area contributed by atoms with Gasteiger partial charge in [-0.05, 0) is 30.3 Å². The van der Waals surface area contributed by atoms with Crippen LogP contribution in [0.5, 0.6) is 5.88 Å². The van der Waals surface area contributed by atoms with Crippen LogP contribution in [0.1, 0.15) is 21.5 Å². The lowest BCUT2D eigenvalue weighted by Gasteiger charge is -2.38. The van der Waals surface area contributed by atoms with Gasteiger partial charge in [0, 0.05) is 11.8 Å². The van der Waals surface area contributed by atoms with Crippen molar-refractivity contribution in [2.45, 2.75) is 18.5 Å². The van der Waals surface area contributed by atoms with Gasteiger partial charge in [0.05, 0.1) is 24.2 Å². The van der Waals surface area contributed by atoms with Crippen molar-refractivity contribution in [2.24, 2.45) is 0 Å². The molecule has 0 bridgehead atoms. The maximum atomic E-state index is 12.9. The van der Waals surface area contributed by atoms with Gasteiger partial charge in [-0.2, -0.15) is 26.3 Å². The molecule has 1 fully saturated rings. The molecule has 0 radical (unpaired) electrons. The molecule has 1 saturated heterocycles. The molecule has 4 nitrogen and oxygen atoms in total. The minimum atomic E-state index is -5.02. The zero-order valence-corrected chi connectivity index (χ0v) is 14.6. The molecule has 1 aliphatic heterocycles. The standard InChI is InChI=1S/C17H11ClF6N2O2/c18-13-2-1-3-25-14(13)28-12-7-26(8-12)15(27)9-4-10(16(19,20)21)6-11(5-9)17(22,23)24/h1-6,12H,7-8H2. The van der Waals surface area contributed by atoms with E-state index in [-0.39, 0.29) is 30.1 Å².